The predicted molar refractivity (Wildman–Crippen MR) is 134 cm³/mol. The van der Waals surface area contributed by atoms with Crippen LogP contribution in [0.3, 0.4) is 0 Å². The highest BCUT2D eigenvalue weighted by Gasteiger charge is 2.22. The molecule has 5 rings (SSSR count). The summed E-state index contributed by atoms with van der Waals surface area (Å²) in [4.78, 5) is 21.4. The van der Waals surface area contributed by atoms with Gasteiger partial charge in [-0.3, -0.25) is 9.78 Å². The molecule has 0 aliphatic carbocycles. The number of fused-ring (bicyclic) bond motifs is 1. The van der Waals surface area contributed by atoms with Crippen LogP contribution in [0.5, 0.6) is 16.7 Å². The fourth-order valence-electron chi connectivity index (χ4n) is 3.83. The summed E-state index contributed by atoms with van der Waals surface area (Å²) in [5, 5.41) is 3.40. The average molecular weight is 512 g/mol. The lowest BCUT2D eigenvalue weighted by Crippen LogP contribution is -2.24. The highest BCUT2D eigenvalue weighted by atomic mass is 35.5. The van der Waals surface area contributed by atoms with Gasteiger partial charge in [-0.1, -0.05) is 29.5 Å². The van der Waals surface area contributed by atoms with E-state index in [1.54, 1.807) is 24.7 Å². The third-order valence-electron chi connectivity index (χ3n) is 5.48. The van der Waals surface area contributed by atoms with Crippen LogP contribution >= 0.6 is 23.7 Å². The summed E-state index contributed by atoms with van der Waals surface area (Å²) in [5.41, 5.74) is 2.75. The first-order valence-electron chi connectivity index (χ1n) is 11.0. The maximum Gasteiger partial charge on any atom is 0.278 e. The SMILES string of the molecule is Cl.O=C(Cc1cccnc1)NCc1cnc(Oc2ccc3c(c2)CCC(c2cccc(F)c2)O3)s1. The van der Waals surface area contributed by atoms with Crippen molar-refractivity contribution in [3.8, 4) is 16.7 Å². The molecule has 35 heavy (non-hydrogen) atoms. The van der Waals surface area contributed by atoms with Crippen LogP contribution in [0, 0.1) is 5.82 Å². The second kappa shape index (κ2) is 11.3. The molecular weight excluding hydrogens is 489 g/mol. The van der Waals surface area contributed by atoms with E-state index < -0.39 is 0 Å². The van der Waals surface area contributed by atoms with Gasteiger partial charge in [0, 0.05) is 23.5 Å². The van der Waals surface area contributed by atoms with Crippen molar-refractivity contribution in [3.63, 3.8) is 0 Å². The average Bonchev–Trinajstić information content (AvgIpc) is 3.30. The number of halogens is 2. The minimum atomic E-state index is -0.258. The van der Waals surface area contributed by atoms with Gasteiger partial charge >= 0.3 is 0 Å². The molecule has 2 aromatic heterocycles. The molecule has 1 amide bonds. The maximum atomic E-state index is 13.6. The smallest absolute Gasteiger partial charge is 0.278 e. The lowest BCUT2D eigenvalue weighted by Gasteiger charge is -2.26. The number of hydrogen-bond donors (Lipinski definition) is 1. The largest absolute Gasteiger partial charge is 0.485 e. The van der Waals surface area contributed by atoms with Crippen LogP contribution in [0.15, 0.2) is 73.2 Å². The molecule has 9 heteroatoms. The summed E-state index contributed by atoms with van der Waals surface area (Å²) in [6.45, 7) is 0.389. The molecular formula is C26H23ClFN3O3S. The molecule has 0 fully saturated rings. The van der Waals surface area contributed by atoms with E-state index in [9.17, 15) is 9.18 Å². The summed E-state index contributed by atoms with van der Waals surface area (Å²) >= 11 is 1.39. The van der Waals surface area contributed by atoms with Gasteiger partial charge in [0.05, 0.1) is 13.0 Å². The van der Waals surface area contributed by atoms with E-state index in [-0.39, 0.29) is 36.7 Å². The topological polar surface area (TPSA) is 73.3 Å². The maximum absolute atomic E-state index is 13.6. The second-order valence-electron chi connectivity index (χ2n) is 7.98. The Balaban J connectivity index is 0.00000289. The monoisotopic (exact) mass is 511 g/mol. The van der Waals surface area contributed by atoms with Crippen LogP contribution in [0.2, 0.25) is 0 Å². The minimum Gasteiger partial charge on any atom is -0.485 e. The van der Waals surface area contributed by atoms with Crippen molar-refractivity contribution in [2.75, 3.05) is 0 Å². The fourth-order valence-corrected chi connectivity index (χ4v) is 4.54. The Kier molecular flexibility index (Phi) is 7.94. The number of nitrogens with one attached hydrogen (secondary N) is 1. The molecule has 180 valence electrons. The number of carbonyl (C=O) groups excluding carboxylic acids is 1. The summed E-state index contributed by atoms with van der Waals surface area (Å²) in [6.07, 6.45) is 6.76. The van der Waals surface area contributed by atoms with Crippen molar-refractivity contribution in [1.29, 1.82) is 0 Å². The zero-order valence-electron chi connectivity index (χ0n) is 18.6. The van der Waals surface area contributed by atoms with Crippen molar-refractivity contribution in [2.24, 2.45) is 0 Å². The molecule has 0 saturated carbocycles. The van der Waals surface area contributed by atoms with Crippen LogP contribution in [-0.4, -0.2) is 15.9 Å². The number of carbonyl (C=O) groups is 1. The van der Waals surface area contributed by atoms with Gasteiger partial charge in [-0.25, -0.2) is 9.37 Å². The second-order valence-corrected chi connectivity index (χ2v) is 9.06. The van der Waals surface area contributed by atoms with E-state index in [1.165, 1.54) is 23.5 Å². The van der Waals surface area contributed by atoms with Crippen LogP contribution in [-0.2, 0) is 24.2 Å². The van der Waals surface area contributed by atoms with Gasteiger partial charge in [-0.15, -0.1) is 12.4 Å². The molecule has 2 aromatic carbocycles. The van der Waals surface area contributed by atoms with Gasteiger partial charge in [-0.05, 0) is 65.9 Å². The van der Waals surface area contributed by atoms with Gasteiger partial charge in [0.2, 0.25) is 5.91 Å². The van der Waals surface area contributed by atoms with Crippen LogP contribution in [0.4, 0.5) is 4.39 Å². The number of rotatable bonds is 7. The van der Waals surface area contributed by atoms with Crippen LogP contribution < -0.4 is 14.8 Å². The molecule has 0 bridgehead atoms. The fraction of sp³-hybridized carbons (Fsp3) is 0.192. The Morgan fingerprint density at radius 1 is 1.17 bits per heavy atom. The summed E-state index contributed by atoms with van der Waals surface area (Å²) in [6, 6.07) is 15.9. The van der Waals surface area contributed by atoms with Crippen molar-refractivity contribution in [1.82, 2.24) is 15.3 Å². The van der Waals surface area contributed by atoms with Gasteiger partial charge in [0.25, 0.3) is 5.19 Å². The first-order valence-corrected chi connectivity index (χ1v) is 11.8. The standard InChI is InChI=1S/C26H22FN3O3S.ClH/c27-20-5-1-4-18(12-20)23-8-6-19-13-21(7-9-24(19)33-23)32-26-30-16-22(34-26)15-29-25(31)11-17-3-2-10-28-14-17;/h1-5,7,9-10,12-14,16,23H,6,8,11,15H2,(H,29,31);1H. The number of pyridine rings is 1. The van der Waals surface area contributed by atoms with E-state index >= 15 is 0 Å². The van der Waals surface area contributed by atoms with E-state index in [0.717, 1.165) is 40.2 Å². The van der Waals surface area contributed by atoms with Gasteiger partial charge < -0.3 is 14.8 Å². The van der Waals surface area contributed by atoms with Crippen LogP contribution in [0.1, 0.15) is 34.1 Å². The highest BCUT2D eigenvalue weighted by Crippen LogP contribution is 2.38. The molecule has 0 saturated heterocycles. The zero-order chi connectivity index (χ0) is 23.3. The normalized spacial score (nSPS) is 14.3. The number of aryl methyl sites for hydroxylation is 1. The van der Waals surface area contributed by atoms with Gasteiger partial charge in [0.15, 0.2) is 0 Å². The number of benzene rings is 2. The number of hydrogen-bond acceptors (Lipinski definition) is 6. The number of ether oxygens (including phenoxy) is 2. The molecule has 4 aromatic rings. The molecule has 6 nitrogen and oxygen atoms in total. The van der Waals surface area contributed by atoms with Crippen molar-refractivity contribution in [2.45, 2.75) is 31.9 Å². The van der Waals surface area contributed by atoms with Crippen molar-refractivity contribution in [3.05, 3.63) is 101 Å². The van der Waals surface area contributed by atoms with Crippen LogP contribution in [0.25, 0.3) is 0 Å². The summed E-state index contributed by atoms with van der Waals surface area (Å²) in [7, 11) is 0. The lowest BCUT2D eigenvalue weighted by atomic mass is 9.97. The Bertz CT molecular complexity index is 1300. The number of aromatic nitrogens is 2. The van der Waals surface area contributed by atoms with Crippen molar-refractivity contribution >= 4 is 29.7 Å². The molecule has 0 radical (unpaired) electrons. The van der Waals surface area contributed by atoms with E-state index in [1.807, 2.05) is 36.4 Å². The predicted octanol–water partition coefficient (Wildman–Crippen LogP) is 5.82. The molecule has 1 aliphatic heterocycles. The number of nitrogens with zero attached hydrogens (tertiary/aromatic N) is 2. The molecule has 1 aliphatic rings. The van der Waals surface area contributed by atoms with E-state index in [0.29, 0.717) is 17.5 Å². The Hall–Kier alpha value is -3.49. The number of thiazole rings is 1. The molecule has 1 unspecified atom stereocenters. The third-order valence-corrected chi connectivity index (χ3v) is 6.36. The lowest BCUT2D eigenvalue weighted by molar-refractivity contribution is -0.120. The number of amides is 1. The minimum absolute atomic E-state index is 0. The first-order chi connectivity index (χ1) is 16.6. The highest BCUT2D eigenvalue weighted by molar-refractivity contribution is 7.13. The van der Waals surface area contributed by atoms with Gasteiger partial charge in [-0.2, -0.15) is 0 Å². The Morgan fingerprint density at radius 3 is 2.91 bits per heavy atom. The Morgan fingerprint density at radius 2 is 2.09 bits per heavy atom. The first kappa shape index (κ1) is 24.6. The zero-order valence-corrected chi connectivity index (χ0v) is 20.3. The van der Waals surface area contributed by atoms with Crippen molar-refractivity contribution < 1.29 is 18.7 Å². The van der Waals surface area contributed by atoms with E-state index in [2.05, 4.69) is 15.3 Å². The summed E-state index contributed by atoms with van der Waals surface area (Å²) < 4.78 is 25.6. The Labute approximate surface area is 212 Å². The molecule has 0 spiro atoms. The molecule has 3 heterocycles. The van der Waals surface area contributed by atoms with E-state index in [4.69, 9.17) is 9.47 Å². The summed E-state index contributed by atoms with van der Waals surface area (Å²) in [5.74, 6) is 1.12. The third kappa shape index (κ3) is 6.35. The molecule has 1 atom stereocenters. The van der Waals surface area contributed by atoms with Gasteiger partial charge in [0.1, 0.15) is 23.4 Å². The quantitative estimate of drug-likeness (QED) is 0.338. The molecule has 1 N–H and O–H groups in total.